The van der Waals surface area contributed by atoms with Gasteiger partial charge in [-0.15, -0.1) is 11.6 Å². The van der Waals surface area contributed by atoms with E-state index in [1.165, 1.54) is 12.1 Å². The number of benzene rings is 2. The van der Waals surface area contributed by atoms with Crippen LogP contribution in [0.4, 0.5) is 5.69 Å². The minimum Gasteiger partial charge on any atom is -0.508 e. The molecule has 2 aromatic rings. The molecule has 21 heavy (non-hydrogen) atoms. The lowest BCUT2D eigenvalue weighted by molar-refractivity contribution is -0.116. The molecule has 0 unspecified atom stereocenters. The third-order valence-electron chi connectivity index (χ3n) is 3.08. The summed E-state index contributed by atoms with van der Waals surface area (Å²) in [5.74, 6) is 0.620. The summed E-state index contributed by atoms with van der Waals surface area (Å²) in [6.45, 7) is 0.403. The zero-order valence-corrected chi connectivity index (χ0v) is 12.4. The number of nitrogens with zero attached hydrogens (tertiary/aromatic N) is 1. The Balaban J connectivity index is 2.23. The van der Waals surface area contributed by atoms with E-state index in [4.69, 9.17) is 16.3 Å². The van der Waals surface area contributed by atoms with E-state index in [0.717, 1.165) is 11.3 Å². The largest absolute Gasteiger partial charge is 0.508 e. The maximum absolute atomic E-state index is 12.0. The lowest BCUT2D eigenvalue weighted by atomic mass is 10.2. The van der Waals surface area contributed by atoms with Crippen LogP contribution in [0.25, 0.3) is 0 Å². The molecule has 0 heterocycles. The Labute approximate surface area is 128 Å². The van der Waals surface area contributed by atoms with Gasteiger partial charge >= 0.3 is 0 Å². The second-order valence-corrected chi connectivity index (χ2v) is 4.75. The molecule has 1 amide bonds. The van der Waals surface area contributed by atoms with Crippen LogP contribution in [-0.4, -0.2) is 24.0 Å². The predicted octanol–water partition coefficient (Wildman–Crippen LogP) is 3.17. The summed E-state index contributed by atoms with van der Waals surface area (Å²) in [6, 6.07) is 13.9. The van der Waals surface area contributed by atoms with Gasteiger partial charge in [0.2, 0.25) is 5.91 Å². The number of alkyl halides is 1. The number of hydrogen-bond donors (Lipinski definition) is 1. The summed E-state index contributed by atoms with van der Waals surface area (Å²) in [5.41, 5.74) is 1.65. The quantitative estimate of drug-likeness (QED) is 0.863. The Hall–Kier alpha value is -2.20. The maximum Gasteiger partial charge on any atom is 0.242 e. The Bertz CT molecular complexity index is 596. The van der Waals surface area contributed by atoms with E-state index in [1.807, 2.05) is 24.3 Å². The first-order valence-electron chi connectivity index (χ1n) is 6.42. The van der Waals surface area contributed by atoms with E-state index in [9.17, 15) is 9.90 Å². The number of amides is 1. The van der Waals surface area contributed by atoms with Crippen LogP contribution < -0.4 is 9.64 Å². The van der Waals surface area contributed by atoms with Crippen LogP contribution in [0.15, 0.2) is 48.5 Å². The van der Waals surface area contributed by atoms with Crippen molar-refractivity contribution in [3.05, 3.63) is 54.1 Å². The molecule has 110 valence electrons. The van der Waals surface area contributed by atoms with Crippen molar-refractivity contribution in [2.45, 2.75) is 6.54 Å². The molecule has 0 radical (unpaired) electrons. The number of carbonyl (C=O) groups excluding carboxylic acids is 1. The normalized spacial score (nSPS) is 10.2. The fourth-order valence-electron chi connectivity index (χ4n) is 1.94. The van der Waals surface area contributed by atoms with Gasteiger partial charge in [-0.3, -0.25) is 4.79 Å². The Morgan fingerprint density at radius 1 is 1.14 bits per heavy atom. The fourth-order valence-corrected chi connectivity index (χ4v) is 2.09. The molecular weight excluding hydrogens is 290 g/mol. The number of methoxy groups -OCH3 is 1. The second kappa shape index (κ2) is 6.99. The molecule has 2 rings (SSSR count). The first-order chi connectivity index (χ1) is 10.1. The van der Waals surface area contributed by atoms with Crippen molar-refractivity contribution >= 4 is 23.2 Å². The molecule has 0 aliphatic rings. The van der Waals surface area contributed by atoms with Crippen molar-refractivity contribution < 1.29 is 14.6 Å². The van der Waals surface area contributed by atoms with Gasteiger partial charge in [-0.2, -0.15) is 0 Å². The van der Waals surface area contributed by atoms with Gasteiger partial charge in [0.25, 0.3) is 0 Å². The number of hydrogen-bond acceptors (Lipinski definition) is 3. The highest BCUT2D eigenvalue weighted by Crippen LogP contribution is 2.22. The number of anilines is 1. The number of aromatic hydroxyl groups is 1. The highest BCUT2D eigenvalue weighted by Gasteiger charge is 2.15. The molecule has 0 aliphatic heterocycles. The fraction of sp³-hybridized carbons (Fsp3) is 0.188. The van der Waals surface area contributed by atoms with Gasteiger partial charge in [0, 0.05) is 5.69 Å². The van der Waals surface area contributed by atoms with Crippen LogP contribution >= 0.6 is 11.6 Å². The van der Waals surface area contributed by atoms with Crippen molar-refractivity contribution in [3.63, 3.8) is 0 Å². The van der Waals surface area contributed by atoms with E-state index >= 15 is 0 Å². The van der Waals surface area contributed by atoms with Crippen LogP contribution in [0.3, 0.4) is 0 Å². The van der Waals surface area contributed by atoms with Crippen molar-refractivity contribution in [2.75, 3.05) is 17.9 Å². The summed E-state index contributed by atoms with van der Waals surface area (Å²) in [7, 11) is 1.61. The highest BCUT2D eigenvalue weighted by molar-refractivity contribution is 6.29. The molecule has 0 saturated carbocycles. The monoisotopic (exact) mass is 305 g/mol. The van der Waals surface area contributed by atoms with Crippen LogP contribution in [0, 0.1) is 0 Å². The van der Waals surface area contributed by atoms with Gasteiger partial charge in [0.05, 0.1) is 13.7 Å². The summed E-state index contributed by atoms with van der Waals surface area (Å²) >= 11 is 5.68. The van der Waals surface area contributed by atoms with Crippen LogP contribution in [0.2, 0.25) is 0 Å². The number of phenols is 1. The zero-order chi connectivity index (χ0) is 15.2. The van der Waals surface area contributed by atoms with Crippen LogP contribution in [-0.2, 0) is 11.3 Å². The Kier molecular flexibility index (Phi) is 5.06. The number of ether oxygens (including phenoxy) is 1. The molecule has 0 aliphatic carbocycles. The molecule has 4 nitrogen and oxygen atoms in total. The van der Waals surface area contributed by atoms with E-state index in [2.05, 4.69) is 0 Å². The van der Waals surface area contributed by atoms with Crippen LogP contribution in [0.5, 0.6) is 11.5 Å². The van der Waals surface area contributed by atoms with E-state index in [0.29, 0.717) is 12.2 Å². The lowest BCUT2D eigenvalue weighted by Gasteiger charge is -2.22. The SMILES string of the molecule is COc1ccc(CN(C(=O)CCl)c2ccc(O)cc2)cc1. The summed E-state index contributed by atoms with van der Waals surface area (Å²) < 4.78 is 5.11. The molecule has 0 saturated heterocycles. The Morgan fingerprint density at radius 3 is 2.29 bits per heavy atom. The number of phenolic OH excluding ortho intramolecular Hbond substituents is 1. The topological polar surface area (TPSA) is 49.8 Å². The summed E-state index contributed by atoms with van der Waals surface area (Å²) in [4.78, 5) is 13.6. The number of rotatable bonds is 5. The number of carbonyl (C=O) groups is 1. The van der Waals surface area contributed by atoms with E-state index < -0.39 is 0 Å². The molecule has 5 heteroatoms. The van der Waals surface area contributed by atoms with Crippen molar-refractivity contribution in [2.24, 2.45) is 0 Å². The zero-order valence-electron chi connectivity index (χ0n) is 11.6. The highest BCUT2D eigenvalue weighted by atomic mass is 35.5. The molecular formula is C16H16ClNO3. The third-order valence-corrected chi connectivity index (χ3v) is 3.31. The van der Waals surface area contributed by atoms with Crippen LogP contribution in [0.1, 0.15) is 5.56 Å². The standard InChI is InChI=1S/C16H16ClNO3/c1-21-15-8-2-12(3-9-15)11-18(16(20)10-17)13-4-6-14(19)7-5-13/h2-9,19H,10-11H2,1H3. The van der Waals surface area contributed by atoms with E-state index in [-0.39, 0.29) is 17.5 Å². The first kappa shape index (κ1) is 15.2. The minimum atomic E-state index is -0.196. The van der Waals surface area contributed by atoms with Gasteiger partial charge in [-0.1, -0.05) is 12.1 Å². The average Bonchev–Trinajstić information content (AvgIpc) is 2.53. The smallest absolute Gasteiger partial charge is 0.242 e. The summed E-state index contributed by atoms with van der Waals surface area (Å²) in [6.07, 6.45) is 0. The molecule has 0 atom stereocenters. The molecule has 1 N–H and O–H groups in total. The molecule has 0 aromatic heterocycles. The number of halogens is 1. The predicted molar refractivity (Wildman–Crippen MR) is 83.0 cm³/mol. The minimum absolute atomic E-state index is 0.100. The Morgan fingerprint density at radius 2 is 1.76 bits per heavy atom. The molecule has 0 bridgehead atoms. The lowest BCUT2D eigenvalue weighted by Crippen LogP contribution is -2.31. The third kappa shape index (κ3) is 3.89. The first-order valence-corrected chi connectivity index (χ1v) is 6.96. The van der Waals surface area contributed by atoms with Crippen molar-refractivity contribution in [3.8, 4) is 11.5 Å². The van der Waals surface area contributed by atoms with Gasteiger partial charge in [-0.05, 0) is 42.0 Å². The van der Waals surface area contributed by atoms with Gasteiger partial charge in [-0.25, -0.2) is 0 Å². The maximum atomic E-state index is 12.0. The molecule has 2 aromatic carbocycles. The second-order valence-electron chi connectivity index (χ2n) is 4.48. The summed E-state index contributed by atoms with van der Waals surface area (Å²) in [5, 5.41) is 9.34. The molecule has 0 spiro atoms. The van der Waals surface area contributed by atoms with Gasteiger partial charge in [0.1, 0.15) is 17.4 Å². The van der Waals surface area contributed by atoms with E-state index in [1.54, 1.807) is 24.1 Å². The van der Waals surface area contributed by atoms with Crippen molar-refractivity contribution in [1.29, 1.82) is 0 Å². The van der Waals surface area contributed by atoms with Gasteiger partial charge < -0.3 is 14.7 Å². The average molecular weight is 306 g/mol. The van der Waals surface area contributed by atoms with Gasteiger partial charge in [0.15, 0.2) is 0 Å². The molecule has 0 fully saturated rings. The van der Waals surface area contributed by atoms with Crippen molar-refractivity contribution in [1.82, 2.24) is 0 Å².